The summed E-state index contributed by atoms with van der Waals surface area (Å²) in [6, 6.07) is 5.55. The average Bonchev–Trinajstić information content (AvgIpc) is 3.50. The van der Waals surface area contributed by atoms with Crippen molar-refractivity contribution >= 4 is 22.6 Å². The molecule has 0 bridgehead atoms. The summed E-state index contributed by atoms with van der Waals surface area (Å²) in [5.41, 5.74) is 3.97. The molecule has 0 unspecified atom stereocenters. The number of hydrogen-bond acceptors (Lipinski definition) is 6. The molecule has 31 heavy (non-hydrogen) atoms. The molecule has 9 nitrogen and oxygen atoms in total. The lowest BCUT2D eigenvalue weighted by atomic mass is 10.0. The molecule has 1 N–H and O–H groups in total. The Labute approximate surface area is 178 Å². The van der Waals surface area contributed by atoms with E-state index < -0.39 is 6.10 Å². The van der Waals surface area contributed by atoms with Crippen molar-refractivity contribution in [2.75, 3.05) is 26.8 Å². The number of ether oxygens (including phenoxy) is 1. The van der Waals surface area contributed by atoms with Gasteiger partial charge in [-0.3, -0.25) is 9.78 Å². The molecule has 1 aliphatic heterocycles. The van der Waals surface area contributed by atoms with Gasteiger partial charge in [0.25, 0.3) is 5.91 Å². The van der Waals surface area contributed by atoms with Gasteiger partial charge in [-0.05, 0) is 24.6 Å². The van der Waals surface area contributed by atoms with Gasteiger partial charge in [0.15, 0.2) is 5.65 Å². The number of nitrogens with zero attached hydrogens (tertiary/aromatic N) is 6. The van der Waals surface area contributed by atoms with Gasteiger partial charge in [-0.25, -0.2) is 9.97 Å². The van der Waals surface area contributed by atoms with E-state index in [0.29, 0.717) is 38.2 Å². The largest absolute Gasteiger partial charge is 0.391 e. The number of carbonyl (C=O) groups excluding carboxylic acids is 1. The average molecular weight is 420 g/mol. The Bertz CT molecular complexity index is 1230. The number of rotatable bonds is 6. The van der Waals surface area contributed by atoms with Crippen LogP contribution in [0.2, 0.25) is 0 Å². The van der Waals surface area contributed by atoms with Gasteiger partial charge >= 0.3 is 0 Å². The zero-order valence-electron chi connectivity index (χ0n) is 17.3. The van der Waals surface area contributed by atoms with E-state index in [-0.39, 0.29) is 11.8 Å². The minimum absolute atomic E-state index is 0.0607. The van der Waals surface area contributed by atoms with E-state index in [1.807, 2.05) is 39.6 Å². The fourth-order valence-electron chi connectivity index (χ4n) is 4.21. The SMILES string of the molecule is COCCn1cnc2cc(C(=O)N3C[C@H](Cc4cn5ccnc5cn4)[C@H](O)C3)ccc21. The van der Waals surface area contributed by atoms with Crippen molar-refractivity contribution in [3.05, 3.63) is 60.6 Å². The fourth-order valence-corrected chi connectivity index (χ4v) is 4.21. The number of fused-ring (bicyclic) bond motifs is 2. The van der Waals surface area contributed by atoms with Crippen molar-refractivity contribution in [3.63, 3.8) is 0 Å². The van der Waals surface area contributed by atoms with Gasteiger partial charge in [0.05, 0.1) is 42.0 Å². The molecule has 1 amide bonds. The van der Waals surface area contributed by atoms with Crippen molar-refractivity contribution < 1.29 is 14.6 Å². The third kappa shape index (κ3) is 3.77. The molecule has 2 atom stereocenters. The van der Waals surface area contributed by atoms with E-state index in [1.165, 1.54) is 0 Å². The van der Waals surface area contributed by atoms with Crippen LogP contribution in [-0.2, 0) is 17.7 Å². The number of likely N-dealkylation sites (tertiary alicyclic amines) is 1. The third-order valence-electron chi connectivity index (χ3n) is 5.90. The highest BCUT2D eigenvalue weighted by molar-refractivity contribution is 5.97. The summed E-state index contributed by atoms with van der Waals surface area (Å²) in [7, 11) is 1.67. The lowest BCUT2D eigenvalue weighted by molar-refractivity contribution is 0.0764. The van der Waals surface area contributed by atoms with E-state index in [2.05, 4.69) is 15.0 Å². The number of aliphatic hydroxyl groups is 1. The Hall–Kier alpha value is -3.30. The van der Waals surface area contributed by atoms with Gasteiger partial charge in [-0.1, -0.05) is 0 Å². The monoisotopic (exact) mass is 420 g/mol. The standard InChI is InChI=1S/C22H24N6O3/c1-31-7-6-27-14-25-18-9-15(2-3-19(18)27)22(30)28-11-16(20(29)13-28)8-17-12-26-5-4-23-21(26)10-24-17/h2-5,9-10,12,14,16,20,29H,6-8,11,13H2,1H3/t16-,20+/m0/s1. The van der Waals surface area contributed by atoms with Crippen LogP contribution >= 0.6 is 0 Å². The maximum atomic E-state index is 13.1. The maximum absolute atomic E-state index is 13.1. The molecule has 160 valence electrons. The number of amides is 1. The first-order valence-electron chi connectivity index (χ1n) is 10.3. The van der Waals surface area contributed by atoms with Gasteiger partial charge < -0.3 is 23.7 Å². The van der Waals surface area contributed by atoms with Crippen LogP contribution in [0.1, 0.15) is 16.1 Å². The van der Waals surface area contributed by atoms with E-state index in [0.717, 1.165) is 22.4 Å². The van der Waals surface area contributed by atoms with Crippen LogP contribution in [-0.4, -0.2) is 72.7 Å². The van der Waals surface area contributed by atoms with Gasteiger partial charge in [0, 0.05) is 56.8 Å². The molecule has 1 saturated heterocycles. The molecule has 1 aromatic carbocycles. The second-order valence-electron chi connectivity index (χ2n) is 7.95. The molecule has 0 saturated carbocycles. The number of aromatic nitrogens is 5. The third-order valence-corrected chi connectivity index (χ3v) is 5.90. The van der Waals surface area contributed by atoms with Crippen LogP contribution in [0.25, 0.3) is 16.7 Å². The van der Waals surface area contributed by atoms with Crippen LogP contribution in [0.3, 0.4) is 0 Å². The number of hydrogen-bond donors (Lipinski definition) is 1. The minimum Gasteiger partial charge on any atom is -0.391 e. The highest BCUT2D eigenvalue weighted by Crippen LogP contribution is 2.24. The molecular formula is C22H24N6O3. The minimum atomic E-state index is -0.582. The molecule has 1 fully saturated rings. The predicted octanol–water partition coefficient (Wildman–Crippen LogP) is 1.40. The summed E-state index contributed by atoms with van der Waals surface area (Å²) < 4.78 is 9.05. The highest BCUT2D eigenvalue weighted by Gasteiger charge is 2.34. The Morgan fingerprint density at radius 2 is 2.16 bits per heavy atom. The van der Waals surface area contributed by atoms with E-state index in [4.69, 9.17) is 4.74 Å². The second kappa shape index (κ2) is 8.09. The van der Waals surface area contributed by atoms with Crippen LogP contribution in [0.15, 0.2) is 49.3 Å². The number of methoxy groups -OCH3 is 1. The van der Waals surface area contributed by atoms with E-state index >= 15 is 0 Å². The Balaban J connectivity index is 1.29. The molecule has 4 aromatic rings. The Morgan fingerprint density at radius 3 is 3.03 bits per heavy atom. The lowest BCUT2D eigenvalue weighted by Gasteiger charge is -2.16. The first kappa shape index (κ1) is 19.7. The molecule has 0 radical (unpaired) electrons. The molecular weight excluding hydrogens is 396 g/mol. The molecule has 4 heterocycles. The van der Waals surface area contributed by atoms with Crippen LogP contribution < -0.4 is 0 Å². The van der Waals surface area contributed by atoms with Crippen molar-refractivity contribution in [2.24, 2.45) is 5.92 Å². The predicted molar refractivity (Wildman–Crippen MR) is 114 cm³/mol. The number of aliphatic hydroxyl groups excluding tert-OH is 1. The Kier molecular flexibility index (Phi) is 5.13. The normalized spacial score (nSPS) is 19.0. The summed E-state index contributed by atoms with van der Waals surface area (Å²) in [5.74, 6) is -0.151. The highest BCUT2D eigenvalue weighted by atomic mass is 16.5. The molecule has 5 rings (SSSR count). The van der Waals surface area contributed by atoms with E-state index in [1.54, 1.807) is 30.7 Å². The van der Waals surface area contributed by atoms with Crippen LogP contribution in [0.5, 0.6) is 0 Å². The van der Waals surface area contributed by atoms with Crippen LogP contribution in [0, 0.1) is 5.92 Å². The zero-order valence-corrected chi connectivity index (χ0v) is 17.3. The summed E-state index contributed by atoms with van der Waals surface area (Å²) in [6.07, 6.45) is 9.02. The molecule has 1 aliphatic rings. The van der Waals surface area contributed by atoms with Crippen molar-refractivity contribution in [2.45, 2.75) is 19.1 Å². The number of imidazole rings is 2. The number of benzene rings is 1. The summed E-state index contributed by atoms with van der Waals surface area (Å²) in [5, 5.41) is 10.6. The van der Waals surface area contributed by atoms with Crippen LogP contribution in [0.4, 0.5) is 0 Å². The zero-order chi connectivity index (χ0) is 21.4. The van der Waals surface area contributed by atoms with Crippen molar-refractivity contribution in [1.29, 1.82) is 0 Å². The summed E-state index contributed by atoms with van der Waals surface area (Å²) >= 11 is 0. The molecule has 0 aliphatic carbocycles. The number of carbonyl (C=O) groups is 1. The van der Waals surface area contributed by atoms with E-state index in [9.17, 15) is 9.90 Å². The number of β-amino-alcohol motifs (C(OH)–C–C–N with tert-alkyl or cyclic N) is 1. The second-order valence-corrected chi connectivity index (χ2v) is 7.95. The lowest BCUT2D eigenvalue weighted by Crippen LogP contribution is -2.29. The van der Waals surface area contributed by atoms with Gasteiger partial charge in [-0.15, -0.1) is 0 Å². The molecule has 9 heteroatoms. The van der Waals surface area contributed by atoms with Gasteiger partial charge in [-0.2, -0.15) is 0 Å². The Morgan fingerprint density at radius 1 is 1.26 bits per heavy atom. The van der Waals surface area contributed by atoms with Crippen molar-refractivity contribution in [1.82, 2.24) is 28.8 Å². The maximum Gasteiger partial charge on any atom is 0.254 e. The van der Waals surface area contributed by atoms with Crippen molar-refractivity contribution in [3.8, 4) is 0 Å². The molecule has 0 spiro atoms. The van der Waals surface area contributed by atoms with Gasteiger partial charge in [0.2, 0.25) is 0 Å². The first-order chi connectivity index (χ1) is 15.1. The smallest absolute Gasteiger partial charge is 0.254 e. The topological polar surface area (TPSA) is 97.8 Å². The quantitative estimate of drug-likeness (QED) is 0.506. The molecule has 3 aromatic heterocycles. The summed E-state index contributed by atoms with van der Waals surface area (Å²) in [6.45, 7) is 2.11. The first-order valence-corrected chi connectivity index (χ1v) is 10.3. The van der Waals surface area contributed by atoms with Gasteiger partial charge in [0.1, 0.15) is 0 Å². The summed E-state index contributed by atoms with van der Waals surface area (Å²) in [4.78, 5) is 27.9. The fraction of sp³-hybridized carbons (Fsp3) is 0.364.